The van der Waals surface area contributed by atoms with Crippen molar-refractivity contribution in [2.24, 2.45) is 0 Å². The maximum Gasteiger partial charge on any atom is 0.339 e. The highest BCUT2D eigenvalue weighted by molar-refractivity contribution is 9.10. The molecule has 0 radical (unpaired) electrons. The van der Waals surface area contributed by atoms with E-state index in [1.165, 1.54) is 18.2 Å². The Labute approximate surface area is 118 Å². The molecule has 6 nitrogen and oxygen atoms in total. The van der Waals surface area contributed by atoms with Crippen molar-refractivity contribution in [3.8, 4) is 5.75 Å². The van der Waals surface area contributed by atoms with Crippen LogP contribution in [0, 0.1) is 0 Å². The lowest BCUT2D eigenvalue weighted by Gasteiger charge is -2.17. The van der Waals surface area contributed by atoms with Crippen LogP contribution < -0.4 is 4.74 Å². The maximum absolute atomic E-state index is 11.4. The summed E-state index contributed by atoms with van der Waals surface area (Å²) in [6, 6.07) is 4.32. The molecule has 19 heavy (non-hydrogen) atoms. The molecule has 0 amide bonds. The number of benzene rings is 1. The van der Waals surface area contributed by atoms with E-state index in [2.05, 4.69) is 15.9 Å². The summed E-state index contributed by atoms with van der Waals surface area (Å²) in [5.41, 5.74) is -0.0836. The molecule has 2 N–H and O–H groups in total. The van der Waals surface area contributed by atoms with Crippen LogP contribution in [0.3, 0.4) is 0 Å². The van der Waals surface area contributed by atoms with Crippen molar-refractivity contribution >= 4 is 31.7 Å². The molecular weight excluding hydrogens is 340 g/mol. The fraction of sp³-hybridized carbons (Fsp3) is 0.364. The van der Waals surface area contributed by atoms with Crippen LogP contribution >= 0.6 is 15.9 Å². The molecule has 1 heterocycles. The van der Waals surface area contributed by atoms with Gasteiger partial charge in [0.15, 0.2) is 9.84 Å². The lowest BCUT2D eigenvalue weighted by atomic mass is 10.2. The van der Waals surface area contributed by atoms with E-state index in [0.29, 0.717) is 4.47 Å². The quantitative estimate of drug-likeness (QED) is 0.831. The predicted octanol–water partition coefficient (Wildman–Crippen LogP) is 0.684. The number of hydrogen-bond acceptors (Lipinski definition) is 5. The SMILES string of the molecule is O=C(O)c1ccc(Br)cc1OC1CS(=O)(=O)CC1O. The Hall–Kier alpha value is -1.12. The van der Waals surface area contributed by atoms with Crippen LogP contribution in [0.15, 0.2) is 22.7 Å². The molecule has 104 valence electrons. The highest BCUT2D eigenvalue weighted by atomic mass is 79.9. The van der Waals surface area contributed by atoms with Crippen LogP contribution in [0.2, 0.25) is 0 Å². The van der Waals surface area contributed by atoms with Gasteiger partial charge in [0.25, 0.3) is 0 Å². The Morgan fingerprint density at radius 1 is 1.37 bits per heavy atom. The summed E-state index contributed by atoms with van der Waals surface area (Å²) in [6.45, 7) is 0. The van der Waals surface area contributed by atoms with E-state index >= 15 is 0 Å². The molecule has 2 atom stereocenters. The van der Waals surface area contributed by atoms with Crippen molar-refractivity contribution in [2.75, 3.05) is 11.5 Å². The van der Waals surface area contributed by atoms with Crippen molar-refractivity contribution in [1.82, 2.24) is 0 Å². The molecule has 2 unspecified atom stereocenters. The molecule has 1 aromatic rings. The molecule has 0 bridgehead atoms. The van der Waals surface area contributed by atoms with Crippen molar-refractivity contribution in [1.29, 1.82) is 0 Å². The summed E-state index contributed by atoms with van der Waals surface area (Å²) in [4.78, 5) is 11.0. The zero-order valence-corrected chi connectivity index (χ0v) is 12.0. The Kier molecular flexibility index (Phi) is 3.84. The summed E-state index contributed by atoms with van der Waals surface area (Å²) in [5.74, 6) is -1.84. The van der Waals surface area contributed by atoms with E-state index in [4.69, 9.17) is 9.84 Å². The second-order valence-electron chi connectivity index (χ2n) is 4.25. The third-order valence-electron chi connectivity index (χ3n) is 2.72. The number of hydrogen-bond donors (Lipinski definition) is 2. The zero-order chi connectivity index (χ0) is 14.2. The molecule has 1 fully saturated rings. The first-order valence-corrected chi connectivity index (χ1v) is 7.98. The Bertz CT molecular complexity index is 612. The lowest BCUT2D eigenvalue weighted by Crippen LogP contribution is -2.30. The van der Waals surface area contributed by atoms with Crippen LogP contribution in [0.1, 0.15) is 10.4 Å². The third-order valence-corrected chi connectivity index (χ3v) is 4.90. The largest absolute Gasteiger partial charge is 0.486 e. The second-order valence-corrected chi connectivity index (χ2v) is 7.32. The predicted molar refractivity (Wildman–Crippen MR) is 70.2 cm³/mol. The fourth-order valence-electron chi connectivity index (χ4n) is 1.84. The molecule has 1 aromatic carbocycles. The average molecular weight is 351 g/mol. The summed E-state index contributed by atoms with van der Waals surface area (Å²) >= 11 is 3.18. The molecule has 0 spiro atoms. The summed E-state index contributed by atoms with van der Waals surface area (Å²) in [5, 5.41) is 18.6. The van der Waals surface area contributed by atoms with E-state index < -0.39 is 28.0 Å². The molecule has 0 aliphatic carbocycles. The number of halogens is 1. The van der Waals surface area contributed by atoms with Gasteiger partial charge in [0, 0.05) is 4.47 Å². The number of aliphatic hydroxyl groups is 1. The number of ether oxygens (including phenoxy) is 1. The Morgan fingerprint density at radius 3 is 2.58 bits per heavy atom. The first kappa shape index (κ1) is 14.3. The smallest absolute Gasteiger partial charge is 0.339 e. The van der Waals surface area contributed by atoms with Gasteiger partial charge in [-0.15, -0.1) is 0 Å². The first-order chi connectivity index (χ1) is 8.78. The molecule has 1 saturated heterocycles. The van der Waals surface area contributed by atoms with Gasteiger partial charge in [0.05, 0.1) is 11.5 Å². The molecular formula is C11H11BrO6S. The van der Waals surface area contributed by atoms with Crippen LogP contribution in [0.25, 0.3) is 0 Å². The monoisotopic (exact) mass is 350 g/mol. The number of aliphatic hydroxyl groups excluding tert-OH is 1. The highest BCUT2D eigenvalue weighted by Crippen LogP contribution is 2.27. The number of carbonyl (C=O) groups is 1. The zero-order valence-electron chi connectivity index (χ0n) is 9.61. The van der Waals surface area contributed by atoms with Crippen LogP contribution in [0.5, 0.6) is 5.75 Å². The summed E-state index contributed by atoms with van der Waals surface area (Å²) < 4.78 is 28.7. The summed E-state index contributed by atoms with van der Waals surface area (Å²) in [7, 11) is -3.34. The van der Waals surface area contributed by atoms with Crippen molar-refractivity contribution in [2.45, 2.75) is 12.2 Å². The Morgan fingerprint density at radius 2 is 2.05 bits per heavy atom. The minimum absolute atomic E-state index is 0.0306. The molecule has 1 aliphatic rings. The number of aromatic carboxylic acids is 1. The number of carboxylic acid groups (broad SMARTS) is 1. The van der Waals surface area contributed by atoms with Crippen LogP contribution in [0.4, 0.5) is 0 Å². The number of sulfone groups is 1. The van der Waals surface area contributed by atoms with E-state index in [9.17, 15) is 18.3 Å². The average Bonchev–Trinajstić information content (AvgIpc) is 2.51. The van der Waals surface area contributed by atoms with Gasteiger partial charge in [-0.3, -0.25) is 0 Å². The molecule has 8 heteroatoms. The third kappa shape index (κ3) is 3.26. The molecule has 1 aliphatic heterocycles. The minimum atomic E-state index is -3.34. The number of carboxylic acids is 1. The Balaban J connectivity index is 2.29. The molecule has 0 aromatic heterocycles. The fourth-order valence-corrected chi connectivity index (χ4v) is 3.84. The lowest BCUT2D eigenvalue weighted by molar-refractivity contribution is 0.0635. The number of rotatable bonds is 3. The highest BCUT2D eigenvalue weighted by Gasteiger charge is 2.38. The summed E-state index contributed by atoms with van der Waals surface area (Å²) in [6.07, 6.45) is -2.09. The van der Waals surface area contributed by atoms with Gasteiger partial charge >= 0.3 is 5.97 Å². The van der Waals surface area contributed by atoms with Gasteiger partial charge in [-0.1, -0.05) is 15.9 Å². The van der Waals surface area contributed by atoms with Gasteiger partial charge in [-0.05, 0) is 18.2 Å². The van der Waals surface area contributed by atoms with Crippen molar-refractivity contribution in [3.05, 3.63) is 28.2 Å². The van der Waals surface area contributed by atoms with Gasteiger partial charge in [0.2, 0.25) is 0 Å². The van der Waals surface area contributed by atoms with Crippen LogP contribution in [-0.2, 0) is 9.84 Å². The topological polar surface area (TPSA) is 101 Å². The normalized spacial score (nSPS) is 25.2. The minimum Gasteiger partial charge on any atom is -0.486 e. The van der Waals surface area contributed by atoms with E-state index in [1.807, 2.05) is 0 Å². The maximum atomic E-state index is 11.4. The van der Waals surface area contributed by atoms with E-state index in [-0.39, 0.29) is 22.8 Å². The van der Waals surface area contributed by atoms with Gasteiger partial charge in [-0.25, -0.2) is 13.2 Å². The van der Waals surface area contributed by atoms with E-state index in [1.54, 1.807) is 0 Å². The standard InChI is InChI=1S/C11H11BrO6S/c12-6-1-2-7(11(14)15)9(3-6)18-10-5-19(16,17)4-8(10)13/h1-3,8,10,13H,4-5H2,(H,14,15). The van der Waals surface area contributed by atoms with Gasteiger partial charge in [-0.2, -0.15) is 0 Å². The van der Waals surface area contributed by atoms with Crippen molar-refractivity contribution < 1.29 is 28.2 Å². The van der Waals surface area contributed by atoms with Gasteiger partial charge in [0.1, 0.15) is 23.5 Å². The molecule has 2 rings (SSSR count). The van der Waals surface area contributed by atoms with E-state index in [0.717, 1.165) is 0 Å². The van der Waals surface area contributed by atoms with Crippen molar-refractivity contribution in [3.63, 3.8) is 0 Å². The van der Waals surface area contributed by atoms with Crippen LogP contribution in [-0.4, -0.2) is 48.3 Å². The van der Waals surface area contributed by atoms with Gasteiger partial charge < -0.3 is 14.9 Å². The molecule has 0 saturated carbocycles. The second kappa shape index (κ2) is 5.10. The first-order valence-electron chi connectivity index (χ1n) is 5.36.